The van der Waals surface area contributed by atoms with Gasteiger partial charge in [-0.05, 0) is 42.3 Å². The van der Waals surface area contributed by atoms with Gasteiger partial charge in [-0.15, -0.1) is 11.8 Å². The van der Waals surface area contributed by atoms with Gasteiger partial charge in [-0.1, -0.05) is 6.07 Å². The Bertz CT molecular complexity index is 518. The lowest BCUT2D eigenvalue weighted by atomic mass is 10.2. The summed E-state index contributed by atoms with van der Waals surface area (Å²) in [5, 5.41) is 0. The molecule has 0 aromatic heterocycles. The van der Waals surface area contributed by atoms with Crippen LogP contribution >= 0.6 is 11.8 Å². The van der Waals surface area contributed by atoms with Gasteiger partial charge in [0.2, 0.25) is 0 Å². The second-order valence-corrected chi connectivity index (χ2v) is 5.07. The van der Waals surface area contributed by atoms with Crippen LogP contribution in [0.15, 0.2) is 41.3 Å². The number of anilines is 1. The molecule has 0 fully saturated rings. The van der Waals surface area contributed by atoms with E-state index in [9.17, 15) is 8.78 Å². The van der Waals surface area contributed by atoms with Crippen LogP contribution in [0.3, 0.4) is 0 Å². The SMILES string of the molecule is Cc1cc(N)ccc1SCc1ccc(F)cc1F. The van der Waals surface area contributed by atoms with Gasteiger partial charge in [0, 0.05) is 22.4 Å². The van der Waals surface area contributed by atoms with E-state index in [0.717, 1.165) is 16.5 Å². The number of hydrogen-bond donors (Lipinski definition) is 1. The first-order valence-electron chi connectivity index (χ1n) is 5.49. The number of nitrogen functional groups attached to an aromatic ring is 1. The molecule has 2 N–H and O–H groups in total. The fraction of sp³-hybridized carbons (Fsp3) is 0.143. The van der Waals surface area contributed by atoms with Crippen LogP contribution < -0.4 is 5.73 Å². The van der Waals surface area contributed by atoms with Crippen molar-refractivity contribution in [3.05, 3.63) is 59.2 Å². The van der Waals surface area contributed by atoms with Crippen molar-refractivity contribution in [3.63, 3.8) is 0 Å². The fourth-order valence-corrected chi connectivity index (χ4v) is 2.62. The van der Waals surface area contributed by atoms with Crippen molar-refractivity contribution in [2.75, 3.05) is 5.73 Å². The highest BCUT2D eigenvalue weighted by Crippen LogP contribution is 2.28. The molecule has 0 unspecified atom stereocenters. The van der Waals surface area contributed by atoms with Gasteiger partial charge >= 0.3 is 0 Å². The summed E-state index contributed by atoms with van der Waals surface area (Å²) >= 11 is 1.51. The van der Waals surface area contributed by atoms with Crippen LogP contribution in [0.4, 0.5) is 14.5 Å². The summed E-state index contributed by atoms with van der Waals surface area (Å²) < 4.78 is 26.2. The summed E-state index contributed by atoms with van der Waals surface area (Å²) in [6.45, 7) is 1.96. The molecule has 2 aromatic carbocycles. The predicted octanol–water partition coefficient (Wildman–Crippen LogP) is 4.15. The van der Waals surface area contributed by atoms with Crippen molar-refractivity contribution in [1.82, 2.24) is 0 Å². The Morgan fingerprint density at radius 1 is 1.11 bits per heavy atom. The van der Waals surface area contributed by atoms with Crippen molar-refractivity contribution in [3.8, 4) is 0 Å². The topological polar surface area (TPSA) is 26.0 Å². The lowest BCUT2D eigenvalue weighted by Crippen LogP contribution is -1.91. The molecule has 0 amide bonds. The molecule has 0 aliphatic carbocycles. The van der Waals surface area contributed by atoms with Crippen molar-refractivity contribution in [2.45, 2.75) is 17.6 Å². The molecule has 4 heteroatoms. The number of benzene rings is 2. The zero-order valence-electron chi connectivity index (χ0n) is 9.91. The molecule has 2 aromatic rings. The number of hydrogen-bond acceptors (Lipinski definition) is 2. The second-order valence-electron chi connectivity index (χ2n) is 4.05. The Morgan fingerprint density at radius 3 is 2.56 bits per heavy atom. The van der Waals surface area contributed by atoms with E-state index in [-0.39, 0.29) is 0 Å². The summed E-state index contributed by atoms with van der Waals surface area (Å²) in [5.41, 5.74) is 7.93. The molecule has 0 heterocycles. The Balaban J connectivity index is 2.11. The van der Waals surface area contributed by atoms with E-state index < -0.39 is 11.6 Å². The highest BCUT2D eigenvalue weighted by atomic mass is 32.2. The predicted molar refractivity (Wildman–Crippen MR) is 71.5 cm³/mol. The van der Waals surface area contributed by atoms with Crippen molar-refractivity contribution in [1.29, 1.82) is 0 Å². The second kappa shape index (κ2) is 5.40. The molecule has 18 heavy (non-hydrogen) atoms. The summed E-state index contributed by atoms with van der Waals surface area (Å²) in [5.74, 6) is -0.586. The van der Waals surface area contributed by atoms with Crippen LogP contribution in [0.5, 0.6) is 0 Å². The zero-order valence-corrected chi connectivity index (χ0v) is 10.7. The molecule has 0 saturated carbocycles. The molecular weight excluding hydrogens is 252 g/mol. The third kappa shape index (κ3) is 3.01. The summed E-state index contributed by atoms with van der Waals surface area (Å²) in [7, 11) is 0. The number of halogens is 2. The van der Waals surface area contributed by atoms with Crippen molar-refractivity contribution < 1.29 is 8.78 Å². The number of nitrogens with two attached hydrogens (primary N) is 1. The molecule has 0 spiro atoms. The zero-order chi connectivity index (χ0) is 13.1. The molecule has 0 saturated heterocycles. The Morgan fingerprint density at radius 2 is 1.89 bits per heavy atom. The molecule has 0 aliphatic rings. The van der Waals surface area contributed by atoms with Gasteiger partial charge in [-0.25, -0.2) is 8.78 Å². The lowest BCUT2D eigenvalue weighted by Gasteiger charge is -2.07. The molecule has 0 radical (unpaired) electrons. The first-order valence-corrected chi connectivity index (χ1v) is 6.47. The maximum absolute atomic E-state index is 13.4. The smallest absolute Gasteiger partial charge is 0.130 e. The van der Waals surface area contributed by atoms with Crippen LogP contribution in [-0.2, 0) is 5.75 Å². The Kier molecular flexibility index (Phi) is 3.87. The fourth-order valence-electron chi connectivity index (χ4n) is 1.63. The monoisotopic (exact) mass is 265 g/mol. The molecule has 2 rings (SSSR count). The van der Waals surface area contributed by atoms with Gasteiger partial charge in [0.05, 0.1) is 0 Å². The summed E-state index contributed by atoms with van der Waals surface area (Å²) in [6.07, 6.45) is 0. The average molecular weight is 265 g/mol. The minimum atomic E-state index is -0.551. The Hall–Kier alpha value is -1.55. The molecule has 0 atom stereocenters. The molecule has 0 aliphatic heterocycles. The molecular formula is C14H13F2NS. The van der Waals surface area contributed by atoms with E-state index in [0.29, 0.717) is 17.0 Å². The van der Waals surface area contributed by atoms with Gasteiger partial charge in [0.25, 0.3) is 0 Å². The van der Waals surface area contributed by atoms with E-state index >= 15 is 0 Å². The minimum absolute atomic E-state index is 0.469. The lowest BCUT2D eigenvalue weighted by molar-refractivity contribution is 0.576. The van der Waals surface area contributed by atoms with E-state index in [1.165, 1.54) is 23.9 Å². The number of rotatable bonds is 3. The highest BCUT2D eigenvalue weighted by Gasteiger charge is 2.06. The van der Waals surface area contributed by atoms with Crippen LogP contribution in [0, 0.1) is 18.6 Å². The van der Waals surface area contributed by atoms with Crippen molar-refractivity contribution >= 4 is 17.4 Å². The first-order chi connectivity index (χ1) is 8.56. The maximum atomic E-state index is 13.4. The average Bonchev–Trinajstić information content (AvgIpc) is 2.30. The number of thioether (sulfide) groups is 1. The van der Waals surface area contributed by atoms with Gasteiger partial charge in [-0.2, -0.15) is 0 Å². The van der Waals surface area contributed by atoms with E-state index in [1.807, 2.05) is 25.1 Å². The minimum Gasteiger partial charge on any atom is -0.399 e. The molecule has 0 bridgehead atoms. The van der Waals surface area contributed by atoms with E-state index in [1.54, 1.807) is 0 Å². The quantitative estimate of drug-likeness (QED) is 0.666. The van der Waals surface area contributed by atoms with Crippen LogP contribution in [0.25, 0.3) is 0 Å². The molecule has 94 valence electrons. The Labute approximate surface area is 109 Å². The van der Waals surface area contributed by atoms with Crippen LogP contribution in [-0.4, -0.2) is 0 Å². The van der Waals surface area contributed by atoms with E-state index in [4.69, 9.17) is 5.73 Å². The largest absolute Gasteiger partial charge is 0.399 e. The van der Waals surface area contributed by atoms with E-state index in [2.05, 4.69) is 0 Å². The maximum Gasteiger partial charge on any atom is 0.130 e. The van der Waals surface area contributed by atoms with Gasteiger partial charge in [-0.3, -0.25) is 0 Å². The number of aryl methyl sites for hydroxylation is 1. The normalized spacial score (nSPS) is 10.6. The van der Waals surface area contributed by atoms with Crippen LogP contribution in [0.2, 0.25) is 0 Å². The van der Waals surface area contributed by atoms with Gasteiger partial charge in [0.15, 0.2) is 0 Å². The standard InChI is InChI=1S/C14H13F2NS/c1-9-6-12(17)4-5-14(9)18-8-10-2-3-11(15)7-13(10)16/h2-7H,8,17H2,1H3. The highest BCUT2D eigenvalue weighted by molar-refractivity contribution is 7.98. The summed E-state index contributed by atoms with van der Waals surface area (Å²) in [6, 6.07) is 9.27. The van der Waals surface area contributed by atoms with Gasteiger partial charge < -0.3 is 5.73 Å². The summed E-state index contributed by atoms with van der Waals surface area (Å²) in [4.78, 5) is 1.05. The third-order valence-corrected chi connectivity index (χ3v) is 3.82. The van der Waals surface area contributed by atoms with Crippen LogP contribution in [0.1, 0.15) is 11.1 Å². The van der Waals surface area contributed by atoms with Crippen molar-refractivity contribution in [2.24, 2.45) is 0 Å². The third-order valence-electron chi connectivity index (χ3n) is 2.60. The van der Waals surface area contributed by atoms with Gasteiger partial charge in [0.1, 0.15) is 11.6 Å². The molecule has 1 nitrogen and oxygen atoms in total. The first kappa shape index (κ1) is 12.9.